The lowest BCUT2D eigenvalue weighted by molar-refractivity contribution is 0.207. The molecule has 1 aromatic carbocycles. The quantitative estimate of drug-likeness (QED) is 0.861. The van der Waals surface area contributed by atoms with E-state index in [0.29, 0.717) is 5.16 Å². The molecule has 0 radical (unpaired) electrons. The summed E-state index contributed by atoms with van der Waals surface area (Å²) < 4.78 is 24.7. The van der Waals surface area contributed by atoms with Gasteiger partial charge >= 0.3 is 0 Å². The Labute approximate surface area is 126 Å². The Bertz CT molecular complexity index is 759. The van der Waals surface area contributed by atoms with Gasteiger partial charge in [0.2, 0.25) is 5.16 Å². The molecule has 1 saturated heterocycles. The number of sulfone groups is 1. The number of rotatable bonds is 3. The molecule has 1 aromatic heterocycles. The van der Waals surface area contributed by atoms with Crippen LogP contribution in [0.5, 0.6) is 0 Å². The molecule has 0 spiro atoms. The molecule has 1 aliphatic heterocycles. The molecular formula is C12H14N4O3S2. The Balaban J connectivity index is 1.89. The molecule has 9 heteroatoms. The van der Waals surface area contributed by atoms with Crippen molar-refractivity contribution < 1.29 is 13.5 Å². The summed E-state index contributed by atoms with van der Waals surface area (Å²) in [7, 11) is -3.18. The molecule has 2 heterocycles. The number of tetrazole rings is 1. The number of aliphatic hydroxyl groups is 1. The van der Waals surface area contributed by atoms with Crippen LogP contribution in [0.2, 0.25) is 0 Å². The minimum absolute atomic E-state index is 0.0561. The number of aromatic nitrogens is 4. The highest BCUT2D eigenvalue weighted by atomic mass is 32.2. The van der Waals surface area contributed by atoms with Crippen molar-refractivity contribution in [2.24, 2.45) is 0 Å². The van der Waals surface area contributed by atoms with Gasteiger partial charge in [-0.25, -0.2) is 8.42 Å². The highest BCUT2D eigenvalue weighted by Gasteiger charge is 2.38. The van der Waals surface area contributed by atoms with E-state index in [0.717, 1.165) is 11.3 Å². The summed E-state index contributed by atoms with van der Waals surface area (Å²) in [4.78, 5) is 0. The van der Waals surface area contributed by atoms with Crippen LogP contribution in [-0.4, -0.2) is 56.6 Å². The van der Waals surface area contributed by atoms with Crippen LogP contribution in [0.4, 0.5) is 0 Å². The molecule has 1 fully saturated rings. The summed E-state index contributed by atoms with van der Waals surface area (Å²) in [5.41, 5.74) is 1.84. The monoisotopic (exact) mass is 326 g/mol. The van der Waals surface area contributed by atoms with Crippen LogP contribution >= 0.6 is 11.8 Å². The van der Waals surface area contributed by atoms with E-state index >= 15 is 0 Å². The van der Waals surface area contributed by atoms with Crippen molar-refractivity contribution in [1.82, 2.24) is 20.2 Å². The maximum absolute atomic E-state index is 11.6. The van der Waals surface area contributed by atoms with Gasteiger partial charge in [-0.2, -0.15) is 4.68 Å². The molecule has 0 aliphatic carbocycles. The Morgan fingerprint density at radius 3 is 2.76 bits per heavy atom. The molecule has 7 nitrogen and oxygen atoms in total. The number of thioether (sulfide) groups is 1. The summed E-state index contributed by atoms with van der Waals surface area (Å²) in [5, 5.41) is 21.4. The SMILES string of the molecule is Cc1ccccc1-n1nnnc1S[C@@H]1CS(=O)(=O)C[C@H]1O. The predicted molar refractivity (Wildman–Crippen MR) is 78.2 cm³/mol. The van der Waals surface area contributed by atoms with E-state index in [1.165, 1.54) is 11.8 Å². The zero-order chi connectivity index (χ0) is 15.0. The second-order valence-corrected chi connectivity index (χ2v) is 8.32. The third-order valence-electron chi connectivity index (χ3n) is 3.31. The first-order valence-electron chi connectivity index (χ1n) is 6.36. The lowest BCUT2D eigenvalue weighted by Gasteiger charge is -2.12. The highest BCUT2D eigenvalue weighted by molar-refractivity contribution is 8.01. The number of aliphatic hydroxyl groups excluding tert-OH is 1. The zero-order valence-corrected chi connectivity index (χ0v) is 12.9. The van der Waals surface area contributed by atoms with Gasteiger partial charge in [-0.1, -0.05) is 30.0 Å². The molecule has 0 unspecified atom stereocenters. The molecule has 21 heavy (non-hydrogen) atoms. The van der Waals surface area contributed by atoms with Crippen molar-refractivity contribution in [1.29, 1.82) is 0 Å². The second-order valence-electron chi connectivity index (χ2n) is 4.96. The molecule has 2 aromatic rings. The average Bonchev–Trinajstić information content (AvgIpc) is 2.95. The van der Waals surface area contributed by atoms with E-state index in [9.17, 15) is 13.5 Å². The third-order valence-corrected chi connectivity index (χ3v) is 6.49. The van der Waals surface area contributed by atoms with Gasteiger partial charge in [-0.15, -0.1) is 5.10 Å². The fourth-order valence-electron chi connectivity index (χ4n) is 2.25. The van der Waals surface area contributed by atoms with E-state index in [1.807, 2.05) is 31.2 Å². The van der Waals surface area contributed by atoms with Crippen LogP contribution in [0.25, 0.3) is 5.69 Å². The van der Waals surface area contributed by atoms with Crippen LogP contribution in [0, 0.1) is 6.92 Å². The van der Waals surface area contributed by atoms with Gasteiger partial charge in [-0.05, 0) is 29.0 Å². The molecule has 0 bridgehead atoms. The molecule has 1 aliphatic rings. The van der Waals surface area contributed by atoms with Gasteiger partial charge in [0, 0.05) is 0 Å². The standard InChI is InChI=1S/C12H14N4O3S2/c1-8-4-2-3-5-9(8)16-12(13-14-15-16)20-11-7-21(18,19)6-10(11)17/h2-5,10-11,17H,6-7H2,1H3/t10-,11-/m1/s1. The van der Waals surface area contributed by atoms with Crippen LogP contribution in [-0.2, 0) is 9.84 Å². The number of benzene rings is 1. The Kier molecular flexibility index (Phi) is 3.72. The van der Waals surface area contributed by atoms with Gasteiger partial charge in [0.1, 0.15) is 0 Å². The highest BCUT2D eigenvalue weighted by Crippen LogP contribution is 2.31. The Morgan fingerprint density at radius 2 is 2.10 bits per heavy atom. The minimum Gasteiger partial charge on any atom is -0.391 e. The van der Waals surface area contributed by atoms with Gasteiger partial charge in [0.15, 0.2) is 9.84 Å². The van der Waals surface area contributed by atoms with E-state index in [1.54, 1.807) is 4.68 Å². The number of hydrogen-bond donors (Lipinski definition) is 1. The van der Waals surface area contributed by atoms with E-state index in [2.05, 4.69) is 15.5 Å². The van der Waals surface area contributed by atoms with Crippen molar-refractivity contribution in [3.8, 4) is 5.69 Å². The Hall–Kier alpha value is -1.45. The maximum atomic E-state index is 11.6. The number of para-hydroxylation sites is 1. The molecule has 0 amide bonds. The van der Waals surface area contributed by atoms with Crippen molar-refractivity contribution >= 4 is 21.6 Å². The summed E-state index contributed by atoms with van der Waals surface area (Å²) in [6.45, 7) is 1.94. The topological polar surface area (TPSA) is 98.0 Å². The molecule has 112 valence electrons. The fraction of sp³-hybridized carbons (Fsp3) is 0.417. The molecule has 3 rings (SSSR count). The van der Waals surface area contributed by atoms with Crippen LogP contribution in [0.15, 0.2) is 29.4 Å². The first kappa shape index (κ1) is 14.5. The average molecular weight is 326 g/mol. The largest absolute Gasteiger partial charge is 0.391 e. The smallest absolute Gasteiger partial charge is 0.214 e. The van der Waals surface area contributed by atoms with E-state index < -0.39 is 21.2 Å². The van der Waals surface area contributed by atoms with E-state index in [-0.39, 0.29) is 11.5 Å². The van der Waals surface area contributed by atoms with Crippen LogP contribution < -0.4 is 0 Å². The second kappa shape index (κ2) is 5.39. The van der Waals surface area contributed by atoms with Crippen LogP contribution in [0.1, 0.15) is 5.56 Å². The van der Waals surface area contributed by atoms with E-state index in [4.69, 9.17) is 0 Å². The molecule has 1 N–H and O–H groups in total. The predicted octanol–water partition coefficient (Wildman–Crippen LogP) is 0.221. The van der Waals surface area contributed by atoms with Crippen LogP contribution in [0.3, 0.4) is 0 Å². The molecule has 0 saturated carbocycles. The van der Waals surface area contributed by atoms with Crippen molar-refractivity contribution in [3.05, 3.63) is 29.8 Å². The molecular weight excluding hydrogens is 312 g/mol. The summed E-state index contributed by atoms with van der Waals surface area (Å²) in [6.07, 6.45) is -0.887. The number of aryl methyl sites for hydroxylation is 1. The maximum Gasteiger partial charge on any atom is 0.214 e. The van der Waals surface area contributed by atoms with Gasteiger partial charge < -0.3 is 5.11 Å². The summed E-state index contributed by atoms with van der Waals surface area (Å²) >= 11 is 1.20. The van der Waals surface area contributed by atoms with Crippen molar-refractivity contribution in [2.75, 3.05) is 11.5 Å². The normalized spacial score (nSPS) is 24.3. The Morgan fingerprint density at radius 1 is 1.33 bits per heavy atom. The third kappa shape index (κ3) is 2.94. The first-order valence-corrected chi connectivity index (χ1v) is 9.06. The molecule has 2 atom stereocenters. The minimum atomic E-state index is -3.18. The van der Waals surface area contributed by atoms with Crippen molar-refractivity contribution in [2.45, 2.75) is 23.4 Å². The fourth-order valence-corrected chi connectivity index (χ4v) is 5.72. The lowest BCUT2D eigenvalue weighted by Crippen LogP contribution is -2.20. The van der Waals surface area contributed by atoms with Gasteiger partial charge in [0.05, 0.1) is 28.5 Å². The first-order chi connectivity index (χ1) is 9.96. The van der Waals surface area contributed by atoms with Crippen molar-refractivity contribution in [3.63, 3.8) is 0 Å². The number of hydrogen-bond acceptors (Lipinski definition) is 7. The zero-order valence-electron chi connectivity index (χ0n) is 11.2. The number of nitrogens with zero attached hydrogens (tertiary/aromatic N) is 4. The lowest BCUT2D eigenvalue weighted by atomic mass is 10.2. The summed E-state index contributed by atoms with van der Waals surface area (Å²) in [6, 6.07) is 7.63. The van der Waals surface area contributed by atoms with Gasteiger partial charge in [0.25, 0.3) is 0 Å². The summed E-state index contributed by atoms with van der Waals surface area (Å²) in [5.74, 6) is -0.254. The van der Waals surface area contributed by atoms with Gasteiger partial charge in [-0.3, -0.25) is 0 Å².